The predicted octanol–water partition coefficient (Wildman–Crippen LogP) is 3.65. The van der Waals surface area contributed by atoms with Crippen LogP contribution in [0.15, 0.2) is 34.9 Å². The van der Waals surface area contributed by atoms with E-state index < -0.39 is 0 Å². The molecule has 0 bridgehead atoms. The van der Waals surface area contributed by atoms with Crippen molar-refractivity contribution in [1.29, 1.82) is 0 Å². The number of rotatable bonds is 4. The van der Waals surface area contributed by atoms with Gasteiger partial charge in [0, 0.05) is 29.8 Å². The van der Waals surface area contributed by atoms with Gasteiger partial charge in [0.15, 0.2) is 17.5 Å². The van der Waals surface area contributed by atoms with Crippen molar-refractivity contribution in [2.24, 2.45) is 5.92 Å². The first kappa shape index (κ1) is 18.6. The normalized spacial score (nSPS) is 19.9. The van der Waals surface area contributed by atoms with Gasteiger partial charge in [-0.05, 0) is 64.0 Å². The number of hydrogen-bond acceptors (Lipinski definition) is 6. The highest BCUT2D eigenvalue weighted by molar-refractivity contribution is 5.94. The number of nitrogens with one attached hydrogen (secondary N) is 1. The van der Waals surface area contributed by atoms with E-state index in [0.717, 1.165) is 42.1 Å². The zero-order valence-corrected chi connectivity index (χ0v) is 16.5. The highest BCUT2D eigenvalue weighted by Crippen LogP contribution is 2.28. The van der Waals surface area contributed by atoms with Crippen molar-refractivity contribution in [3.8, 4) is 11.3 Å². The topological polar surface area (TPSA) is 84.2 Å². The number of amides is 1. The SMILES string of the molecule is Cc1ncc(-c2ccc3nnc(NC(=O)[C@H]4CC[C@@H](N(C)C)CC4)cc3c2)o1. The average molecular weight is 379 g/mol. The van der Waals surface area contributed by atoms with Crippen LogP contribution in [0.5, 0.6) is 0 Å². The zero-order chi connectivity index (χ0) is 19.7. The average Bonchev–Trinajstić information content (AvgIpc) is 3.14. The Hall–Kier alpha value is -2.80. The summed E-state index contributed by atoms with van der Waals surface area (Å²) in [5, 5.41) is 12.2. The van der Waals surface area contributed by atoms with Crippen LogP contribution in [0.1, 0.15) is 31.6 Å². The largest absolute Gasteiger partial charge is 0.441 e. The lowest BCUT2D eigenvalue weighted by molar-refractivity contribution is -0.121. The van der Waals surface area contributed by atoms with Gasteiger partial charge in [-0.25, -0.2) is 4.98 Å². The van der Waals surface area contributed by atoms with E-state index in [-0.39, 0.29) is 11.8 Å². The number of benzene rings is 1. The summed E-state index contributed by atoms with van der Waals surface area (Å²) in [6.07, 6.45) is 5.62. The Balaban J connectivity index is 1.49. The van der Waals surface area contributed by atoms with Crippen molar-refractivity contribution in [3.63, 3.8) is 0 Å². The Morgan fingerprint density at radius 1 is 1.14 bits per heavy atom. The third-order valence-corrected chi connectivity index (χ3v) is 5.54. The minimum absolute atomic E-state index is 0.0351. The van der Waals surface area contributed by atoms with Gasteiger partial charge in [0.25, 0.3) is 0 Å². The summed E-state index contributed by atoms with van der Waals surface area (Å²) in [6, 6.07) is 8.23. The molecule has 4 rings (SSSR count). The van der Waals surface area contributed by atoms with Crippen LogP contribution in [-0.4, -0.2) is 46.1 Å². The number of aryl methyl sites for hydroxylation is 1. The summed E-state index contributed by atoms with van der Waals surface area (Å²) in [7, 11) is 4.20. The number of carbonyl (C=O) groups is 1. The van der Waals surface area contributed by atoms with Gasteiger partial charge in [-0.15, -0.1) is 10.2 Å². The molecule has 1 aliphatic carbocycles. The number of anilines is 1. The van der Waals surface area contributed by atoms with Crippen molar-refractivity contribution < 1.29 is 9.21 Å². The molecule has 0 radical (unpaired) electrons. The number of nitrogens with zero attached hydrogens (tertiary/aromatic N) is 4. The Kier molecular flexibility index (Phi) is 5.09. The Labute approximate surface area is 164 Å². The van der Waals surface area contributed by atoms with E-state index in [1.807, 2.05) is 31.2 Å². The molecule has 1 amide bonds. The molecule has 7 heteroatoms. The molecule has 0 atom stereocenters. The van der Waals surface area contributed by atoms with Crippen LogP contribution in [0.4, 0.5) is 5.82 Å². The fourth-order valence-electron chi connectivity index (χ4n) is 3.84. The molecule has 2 aromatic heterocycles. The molecule has 0 saturated heterocycles. The zero-order valence-electron chi connectivity index (χ0n) is 16.5. The lowest BCUT2D eigenvalue weighted by Crippen LogP contribution is -2.35. The number of hydrogen-bond donors (Lipinski definition) is 1. The standard InChI is InChI=1S/C21H25N5O2/c1-13-22-12-19(28-13)15-6-9-18-16(10-15)11-20(25-24-18)23-21(27)14-4-7-17(8-5-14)26(2)3/h6,9-12,14,17H,4-5,7-8H2,1-3H3,(H,23,25,27)/t14-,17+. The van der Waals surface area contributed by atoms with Gasteiger partial charge in [0.2, 0.25) is 5.91 Å². The molecule has 7 nitrogen and oxygen atoms in total. The van der Waals surface area contributed by atoms with Gasteiger partial charge in [-0.3, -0.25) is 4.79 Å². The summed E-state index contributed by atoms with van der Waals surface area (Å²) >= 11 is 0. The maximum absolute atomic E-state index is 12.7. The van der Waals surface area contributed by atoms with Gasteiger partial charge in [0.05, 0.1) is 11.7 Å². The first-order valence-corrected chi connectivity index (χ1v) is 9.67. The van der Waals surface area contributed by atoms with Crippen LogP contribution in [0.2, 0.25) is 0 Å². The fourth-order valence-corrected chi connectivity index (χ4v) is 3.84. The monoisotopic (exact) mass is 379 g/mol. The maximum Gasteiger partial charge on any atom is 0.228 e. The lowest BCUT2D eigenvalue weighted by Gasteiger charge is -2.31. The number of fused-ring (bicyclic) bond motifs is 1. The molecule has 146 valence electrons. The number of carbonyl (C=O) groups excluding carboxylic acids is 1. The molecular weight excluding hydrogens is 354 g/mol. The molecule has 1 N–H and O–H groups in total. The Morgan fingerprint density at radius 2 is 1.93 bits per heavy atom. The van der Waals surface area contributed by atoms with Gasteiger partial charge in [0.1, 0.15) is 0 Å². The van der Waals surface area contributed by atoms with Crippen molar-refractivity contribution >= 4 is 22.6 Å². The smallest absolute Gasteiger partial charge is 0.228 e. The quantitative estimate of drug-likeness (QED) is 0.745. The van der Waals surface area contributed by atoms with Crippen molar-refractivity contribution in [2.45, 2.75) is 38.6 Å². The summed E-state index contributed by atoms with van der Waals surface area (Å²) in [5.41, 5.74) is 1.69. The van der Waals surface area contributed by atoms with Gasteiger partial charge in [-0.1, -0.05) is 0 Å². The van der Waals surface area contributed by atoms with E-state index in [1.54, 1.807) is 6.20 Å². The first-order valence-electron chi connectivity index (χ1n) is 9.67. The summed E-state index contributed by atoms with van der Waals surface area (Å²) < 4.78 is 5.60. The summed E-state index contributed by atoms with van der Waals surface area (Å²) in [4.78, 5) is 19.0. The predicted molar refractivity (Wildman–Crippen MR) is 108 cm³/mol. The molecule has 2 heterocycles. The van der Waals surface area contributed by atoms with Crippen LogP contribution in [0.25, 0.3) is 22.2 Å². The van der Waals surface area contributed by atoms with E-state index in [0.29, 0.717) is 23.5 Å². The summed E-state index contributed by atoms with van der Waals surface area (Å²) in [6.45, 7) is 1.82. The van der Waals surface area contributed by atoms with E-state index in [9.17, 15) is 4.79 Å². The molecule has 1 saturated carbocycles. The number of aromatic nitrogens is 3. The second-order valence-electron chi connectivity index (χ2n) is 7.71. The van der Waals surface area contributed by atoms with E-state index in [1.165, 1.54) is 0 Å². The van der Waals surface area contributed by atoms with Crippen LogP contribution >= 0.6 is 0 Å². The molecule has 3 aromatic rings. The molecule has 1 fully saturated rings. The maximum atomic E-state index is 12.7. The highest BCUT2D eigenvalue weighted by atomic mass is 16.4. The fraction of sp³-hybridized carbons (Fsp3) is 0.429. The minimum atomic E-state index is 0.0351. The molecule has 1 aliphatic rings. The Bertz CT molecular complexity index is 989. The molecule has 28 heavy (non-hydrogen) atoms. The molecule has 1 aromatic carbocycles. The number of oxazole rings is 1. The first-order chi connectivity index (χ1) is 13.5. The molecule has 0 aliphatic heterocycles. The minimum Gasteiger partial charge on any atom is -0.441 e. The van der Waals surface area contributed by atoms with Crippen LogP contribution in [0, 0.1) is 12.8 Å². The van der Waals surface area contributed by atoms with E-state index in [4.69, 9.17) is 4.42 Å². The third-order valence-electron chi connectivity index (χ3n) is 5.54. The lowest BCUT2D eigenvalue weighted by atomic mass is 9.85. The van der Waals surface area contributed by atoms with Gasteiger partial charge in [-0.2, -0.15) is 0 Å². The van der Waals surface area contributed by atoms with Crippen molar-refractivity contribution in [1.82, 2.24) is 20.1 Å². The van der Waals surface area contributed by atoms with Crippen LogP contribution in [0.3, 0.4) is 0 Å². The third kappa shape index (κ3) is 3.89. The van der Waals surface area contributed by atoms with Crippen molar-refractivity contribution in [2.75, 3.05) is 19.4 Å². The van der Waals surface area contributed by atoms with Gasteiger partial charge < -0.3 is 14.6 Å². The molecule has 0 spiro atoms. The Morgan fingerprint density at radius 3 is 2.61 bits per heavy atom. The highest BCUT2D eigenvalue weighted by Gasteiger charge is 2.27. The second kappa shape index (κ2) is 7.67. The van der Waals surface area contributed by atoms with E-state index in [2.05, 4.69) is 39.5 Å². The van der Waals surface area contributed by atoms with E-state index >= 15 is 0 Å². The van der Waals surface area contributed by atoms with Crippen LogP contribution in [-0.2, 0) is 4.79 Å². The summed E-state index contributed by atoms with van der Waals surface area (Å²) in [5.74, 6) is 1.89. The van der Waals surface area contributed by atoms with Crippen LogP contribution < -0.4 is 5.32 Å². The molecular formula is C21H25N5O2. The molecule has 0 unspecified atom stereocenters. The van der Waals surface area contributed by atoms with Crippen molar-refractivity contribution in [3.05, 3.63) is 36.4 Å². The van der Waals surface area contributed by atoms with Gasteiger partial charge >= 0.3 is 0 Å². The second-order valence-corrected chi connectivity index (χ2v) is 7.71.